The van der Waals surface area contributed by atoms with Crippen LogP contribution in [0.2, 0.25) is 5.28 Å². The number of halogens is 1. The van der Waals surface area contributed by atoms with Gasteiger partial charge in [0.15, 0.2) is 5.82 Å². The molecule has 2 atom stereocenters. The van der Waals surface area contributed by atoms with Gasteiger partial charge >= 0.3 is 0 Å². The molecule has 2 aromatic rings. The topological polar surface area (TPSA) is 39.9 Å². The summed E-state index contributed by atoms with van der Waals surface area (Å²) in [5.74, 6) is 0.840. The van der Waals surface area contributed by atoms with Crippen molar-refractivity contribution in [3.63, 3.8) is 0 Å². The Kier molecular flexibility index (Phi) is 3.53. The molecule has 100 valence electrons. The van der Waals surface area contributed by atoms with Crippen LogP contribution >= 0.6 is 11.6 Å². The van der Waals surface area contributed by atoms with Gasteiger partial charge in [-0.05, 0) is 30.9 Å². The maximum atomic E-state index is 6.21. The Morgan fingerprint density at radius 3 is 2.68 bits per heavy atom. The highest BCUT2D eigenvalue weighted by Crippen LogP contribution is 2.36. The number of ether oxygens (including phenoxy) is 1. The summed E-state index contributed by atoms with van der Waals surface area (Å²) in [4.78, 5) is 0. The highest BCUT2D eigenvalue weighted by molar-refractivity contribution is 6.28. The van der Waals surface area contributed by atoms with E-state index in [1.54, 1.807) is 7.11 Å². The van der Waals surface area contributed by atoms with Gasteiger partial charge in [0.2, 0.25) is 5.28 Å². The summed E-state index contributed by atoms with van der Waals surface area (Å²) in [5, 5.41) is 8.71. The first-order valence-electron chi connectivity index (χ1n) is 6.48. The Morgan fingerprint density at radius 2 is 2.00 bits per heavy atom. The van der Waals surface area contributed by atoms with E-state index in [-0.39, 0.29) is 0 Å². The third kappa shape index (κ3) is 2.38. The van der Waals surface area contributed by atoms with E-state index in [0.717, 1.165) is 30.7 Å². The van der Waals surface area contributed by atoms with Crippen LogP contribution in [0.4, 0.5) is 0 Å². The van der Waals surface area contributed by atoms with Crippen molar-refractivity contribution in [3.05, 3.63) is 35.6 Å². The minimum absolute atomic E-state index is 0.312. The lowest BCUT2D eigenvalue weighted by molar-refractivity contribution is 0.106. The molecule has 0 bridgehead atoms. The van der Waals surface area contributed by atoms with E-state index in [2.05, 4.69) is 10.2 Å². The van der Waals surface area contributed by atoms with Gasteiger partial charge in [-0.2, -0.15) is 0 Å². The standard InChI is InChI=1S/C14H16ClN3O/c1-19-12-8-7-11(9-12)18-13(16-17-14(18)15)10-5-3-2-4-6-10/h2-6,11-12H,7-9H2,1H3. The summed E-state index contributed by atoms with van der Waals surface area (Å²) < 4.78 is 7.47. The molecule has 3 rings (SSSR count). The Morgan fingerprint density at radius 1 is 1.21 bits per heavy atom. The van der Waals surface area contributed by atoms with Crippen molar-refractivity contribution in [2.45, 2.75) is 31.4 Å². The number of nitrogens with zero attached hydrogens (tertiary/aromatic N) is 3. The summed E-state index contributed by atoms with van der Waals surface area (Å²) in [7, 11) is 1.76. The zero-order valence-electron chi connectivity index (χ0n) is 10.8. The molecule has 5 heteroatoms. The maximum absolute atomic E-state index is 6.21. The number of methoxy groups -OCH3 is 1. The SMILES string of the molecule is COC1CCC(n2c(Cl)nnc2-c2ccccc2)C1. The van der Waals surface area contributed by atoms with E-state index in [1.807, 2.05) is 34.9 Å². The number of rotatable bonds is 3. The van der Waals surface area contributed by atoms with Gasteiger partial charge in [-0.1, -0.05) is 30.3 Å². The fourth-order valence-electron chi connectivity index (χ4n) is 2.75. The first-order chi connectivity index (χ1) is 9.29. The summed E-state index contributed by atoms with van der Waals surface area (Å²) in [6.45, 7) is 0. The molecule has 1 heterocycles. The zero-order valence-corrected chi connectivity index (χ0v) is 11.5. The van der Waals surface area contributed by atoms with Crippen LogP contribution in [0.1, 0.15) is 25.3 Å². The first-order valence-corrected chi connectivity index (χ1v) is 6.86. The Labute approximate surface area is 117 Å². The third-order valence-electron chi connectivity index (χ3n) is 3.74. The molecule has 1 aliphatic carbocycles. The van der Waals surface area contributed by atoms with E-state index in [1.165, 1.54) is 0 Å². The van der Waals surface area contributed by atoms with Crippen molar-refractivity contribution in [2.75, 3.05) is 7.11 Å². The van der Waals surface area contributed by atoms with Crippen LogP contribution in [-0.4, -0.2) is 28.0 Å². The van der Waals surface area contributed by atoms with Crippen LogP contribution in [-0.2, 0) is 4.74 Å². The van der Waals surface area contributed by atoms with Crippen LogP contribution in [0.25, 0.3) is 11.4 Å². The summed E-state index contributed by atoms with van der Waals surface area (Å²) in [6.07, 6.45) is 3.39. The minimum atomic E-state index is 0.312. The molecule has 4 nitrogen and oxygen atoms in total. The molecule has 1 aliphatic rings. The number of hydrogen-bond donors (Lipinski definition) is 0. The maximum Gasteiger partial charge on any atom is 0.225 e. The monoisotopic (exact) mass is 277 g/mol. The predicted molar refractivity (Wildman–Crippen MR) is 74.2 cm³/mol. The molecule has 0 radical (unpaired) electrons. The second-order valence-corrected chi connectivity index (χ2v) is 5.19. The molecule has 1 aromatic carbocycles. The molecule has 1 saturated carbocycles. The van der Waals surface area contributed by atoms with Crippen LogP contribution in [0.3, 0.4) is 0 Å². The normalized spacial score (nSPS) is 22.8. The Balaban J connectivity index is 1.96. The predicted octanol–water partition coefficient (Wildman–Crippen LogP) is 3.34. The van der Waals surface area contributed by atoms with Crippen LogP contribution in [0.15, 0.2) is 30.3 Å². The van der Waals surface area contributed by atoms with Gasteiger partial charge in [0.05, 0.1) is 6.10 Å². The van der Waals surface area contributed by atoms with Gasteiger partial charge in [-0.15, -0.1) is 10.2 Å². The third-order valence-corrected chi connectivity index (χ3v) is 4.00. The van der Waals surface area contributed by atoms with E-state index in [9.17, 15) is 0 Å². The van der Waals surface area contributed by atoms with E-state index in [4.69, 9.17) is 16.3 Å². The number of aromatic nitrogens is 3. The lowest BCUT2D eigenvalue weighted by Gasteiger charge is -2.15. The molecule has 0 spiro atoms. The average molecular weight is 278 g/mol. The van der Waals surface area contributed by atoms with Crippen LogP contribution in [0.5, 0.6) is 0 Å². The van der Waals surface area contributed by atoms with Gasteiger partial charge in [0.25, 0.3) is 0 Å². The summed E-state index contributed by atoms with van der Waals surface area (Å²) in [5.41, 5.74) is 1.04. The quantitative estimate of drug-likeness (QED) is 0.864. The fourth-order valence-corrected chi connectivity index (χ4v) is 3.00. The van der Waals surface area contributed by atoms with Gasteiger partial charge in [-0.3, -0.25) is 4.57 Å². The summed E-state index contributed by atoms with van der Waals surface area (Å²) in [6, 6.07) is 10.4. The number of hydrogen-bond acceptors (Lipinski definition) is 3. The molecule has 2 unspecified atom stereocenters. The van der Waals surface area contributed by atoms with Crippen molar-refractivity contribution in [1.29, 1.82) is 0 Å². The Hall–Kier alpha value is -1.39. The minimum Gasteiger partial charge on any atom is -0.381 e. The molecule has 1 aromatic heterocycles. The van der Waals surface area contributed by atoms with Crippen molar-refractivity contribution in [2.24, 2.45) is 0 Å². The molecule has 1 fully saturated rings. The van der Waals surface area contributed by atoms with Gasteiger partial charge in [0, 0.05) is 18.7 Å². The molecule has 0 aliphatic heterocycles. The fraction of sp³-hybridized carbons (Fsp3) is 0.429. The highest BCUT2D eigenvalue weighted by Gasteiger charge is 2.29. The molecule has 0 amide bonds. The lowest BCUT2D eigenvalue weighted by atomic mass is 10.2. The smallest absolute Gasteiger partial charge is 0.225 e. The highest BCUT2D eigenvalue weighted by atomic mass is 35.5. The van der Waals surface area contributed by atoms with Crippen LogP contribution < -0.4 is 0 Å². The second-order valence-electron chi connectivity index (χ2n) is 4.85. The van der Waals surface area contributed by atoms with Gasteiger partial charge in [-0.25, -0.2) is 0 Å². The van der Waals surface area contributed by atoms with Crippen LogP contribution in [0, 0.1) is 0 Å². The van der Waals surface area contributed by atoms with Gasteiger partial charge in [0.1, 0.15) is 0 Å². The largest absolute Gasteiger partial charge is 0.381 e. The van der Waals surface area contributed by atoms with E-state index < -0.39 is 0 Å². The van der Waals surface area contributed by atoms with Gasteiger partial charge < -0.3 is 4.74 Å². The van der Waals surface area contributed by atoms with E-state index >= 15 is 0 Å². The van der Waals surface area contributed by atoms with Crippen molar-refractivity contribution < 1.29 is 4.74 Å². The molecule has 0 N–H and O–H groups in total. The van der Waals surface area contributed by atoms with E-state index in [0.29, 0.717) is 17.4 Å². The Bertz CT molecular complexity index is 555. The lowest BCUT2D eigenvalue weighted by Crippen LogP contribution is -2.10. The molecular formula is C14H16ClN3O. The van der Waals surface area contributed by atoms with Crippen molar-refractivity contribution >= 4 is 11.6 Å². The first kappa shape index (κ1) is 12.6. The summed E-state index contributed by atoms with van der Waals surface area (Å²) >= 11 is 6.21. The zero-order chi connectivity index (χ0) is 13.2. The van der Waals surface area contributed by atoms with Crippen molar-refractivity contribution in [1.82, 2.24) is 14.8 Å². The average Bonchev–Trinajstić information content (AvgIpc) is 3.05. The van der Waals surface area contributed by atoms with Crippen molar-refractivity contribution in [3.8, 4) is 11.4 Å². The number of benzene rings is 1. The molecule has 19 heavy (non-hydrogen) atoms. The molecule has 0 saturated heterocycles. The second kappa shape index (κ2) is 5.31. The molecular weight excluding hydrogens is 262 g/mol.